The van der Waals surface area contributed by atoms with Gasteiger partial charge in [0.25, 0.3) is 0 Å². The molecular formula is C15H14O. The first-order chi connectivity index (χ1) is 7.92. The fourth-order valence-corrected chi connectivity index (χ4v) is 6.33. The summed E-state index contributed by atoms with van der Waals surface area (Å²) in [4.78, 5) is 0. The molecule has 0 N–H and O–H groups in total. The van der Waals surface area contributed by atoms with Crippen molar-refractivity contribution in [3.8, 4) is 5.75 Å². The lowest BCUT2D eigenvalue weighted by molar-refractivity contribution is 0.317. The van der Waals surface area contributed by atoms with Crippen LogP contribution in [0.3, 0.4) is 0 Å². The second-order valence-corrected chi connectivity index (χ2v) is 6.51. The number of benzene rings is 1. The highest BCUT2D eigenvalue weighted by atomic mass is 16.5. The lowest BCUT2D eigenvalue weighted by Gasteiger charge is -2.37. The quantitative estimate of drug-likeness (QED) is 0.692. The van der Waals surface area contributed by atoms with Crippen LogP contribution in [0.5, 0.6) is 5.75 Å². The molecule has 1 aromatic carbocycles. The molecule has 1 heteroatoms. The van der Waals surface area contributed by atoms with E-state index in [-0.39, 0.29) is 0 Å². The van der Waals surface area contributed by atoms with Crippen molar-refractivity contribution in [2.75, 3.05) is 7.11 Å². The van der Waals surface area contributed by atoms with Crippen molar-refractivity contribution in [3.05, 3.63) is 29.3 Å². The van der Waals surface area contributed by atoms with Gasteiger partial charge in [-0.2, -0.15) is 0 Å². The van der Waals surface area contributed by atoms with E-state index in [9.17, 15) is 0 Å². The lowest BCUT2D eigenvalue weighted by Crippen LogP contribution is -2.26. The third kappa shape index (κ3) is 0.489. The summed E-state index contributed by atoms with van der Waals surface area (Å²) in [7, 11) is 1.79. The second-order valence-electron chi connectivity index (χ2n) is 6.51. The Hall–Kier alpha value is -0.980. The van der Waals surface area contributed by atoms with Gasteiger partial charge >= 0.3 is 0 Å². The summed E-state index contributed by atoms with van der Waals surface area (Å²) in [6.07, 6.45) is 0. The van der Waals surface area contributed by atoms with Crippen molar-refractivity contribution < 1.29 is 4.74 Å². The van der Waals surface area contributed by atoms with Gasteiger partial charge in [-0.3, -0.25) is 0 Å². The largest absolute Gasteiger partial charge is 0.497 e. The number of rotatable bonds is 1. The van der Waals surface area contributed by atoms with Gasteiger partial charge < -0.3 is 4.74 Å². The molecule has 6 aliphatic carbocycles. The van der Waals surface area contributed by atoms with Crippen LogP contribution in [-0.2, 0) is 0 Å². The van der Waals surface area contributed by atoms with E-state index in [2.05, 4.69) is 18.2 Å². The Morgan fingerprint density at radius 1 is 0.812 bits per heavy atom. The first kappa shape index (κ1) is 7.37. The topological polar surface area (TPSA) is 9.23 Å². The Labute approximate surface area is 94.8 Å². The predicted octanol–water partition coefficient (Wildman–Crippen LogP) is 2.63. The van der Waals surface area contributed by atoms with Crippen LogP contribution < -0.4 is 4.74 Å². The van der Waals surface area contributed by atoms with E-state index in [4.69, 9.17) is 4.74 Å². The van der Waals surface area contributed by atoms with Crippen LogP contribution in [0.4, 0.5) is 0 Å². The molecular weight excluding hydrogens is 196 g/mol. The highest BCUT2D eigenvalue weighted by molar-refractivity contribution is 5.56. The van der Waals surface area contributed by atoms with Crippen LogP contribution in [-0.4, -0.2) is 7.11 Å². The predicted molar refractivity (Wildman–Crippen MR) is 59.4 cm³/mol. The molecule has 0 spiro atoms. The SMILES string of the molecule is COc1ccc2c(c1)C1[C@@H]3[C@H]4C2[C@H]2[C@@H]1[C@H]2[C@@H]34. The molecule has 2 bridgehead atoms. The Bertz CT molecular complexity index is 526. The summed E-state index contributed by atoms with van der Waals surface area (Å²) < 4.78 is 5.39. The van der Waals surface area contributed by atoms with E-state index in [1.165, 1.54) is 0 Å². The lowest BCUT2D eigenvalue weighted by atomic mass is 9.67. The highest BCUT2D eigenvalue weighted by Crippen LogP contribution is 2.94. The van der Waals surface area contributed by atoms with Crippen LogP contribution in [0.2, 0.25) is 0 Å². The Morgan fingerprint density at radius 3 is 2.06 bits per heavy atom. The van der Waals surface area contributed by atoms with Crippen LogP contribution in [0.1, 0.15) is 23.0 Å². The first-order valence-electron chi connectivity index (χ1n) is 6.59. The molecule has 16 heavy (non-hydrogen) atoms. The molecule has 6 aliphatic rings. The molecule has 4 fully saturated rings. The summed E-state index contributed by atoms with van der Waals surface area (Å²) in [6, 6.07) is 6.88. The van der Waals surface area contributed by atoms with Gasteiger partial charge in [-0.1, -0.05) is 6.07 Å². The van der Waals surface area contributed by atoms with Crippen LogP contribution in [0.25, 0.3) is 0 Å². The van der Waals surface area contributed by atoms with E-state index < -0.39 is 0 Å². The van der Waals surface area contributed by atoms with Gasteiger partial charge in [0.05, 0.1) is 7.11 Å². The molecule has 1 aromatic rings. The number of methoxy groups -OCH3 is 1. The van der Waals surface area contributed by atoms with Crippen LogP contribution >= 0.6 is 0 Å². The number of hydrogen-bond acceptors (Lipinski definition) is 1. The summed E-state index contributed by atoms with van der Waals surface area (Å²) in [5, 5.41) is 0. The van der Waals surface area contributed by atoms with E-state index in [1.54, 1.807) is 18.2 Å². The molecule has 0 amide bonds. The second kappa shape index (κ2) is 1.83. The van der Waals surface area contributed by atoms with Gasteiger partial charge in [0.15, 0.2) is 0 Å². The summed E-state index contributed by atoms with van der Waals surface area (Å²) in [6.45, 7) is 0. The van der Waals surface area contributed by atoms with Crippen molar-refractivity contribution in [1.29, 1.82) is 0 Å². The third-order valence-electron chi connectivity index (χ3n) is 6.50. The van der Waals surface area contributed by atoms with Crippen LogP contribution in [0.15, 0.2) is 18.2 Å². The highest BCUT2D eigenvalue weighted by Gasteiger charge is 2.88. The minimum absolute atomic E-state index is 0.945. The maximum atomic E-state index is 5.39. The number of hydrogen-bond donors (Lipinski definition) is 0. The van der Waals surface area contributed by atoms with E-state index in [0.717, 1.165) is 53.1 Å². The smallest absolute Gasteiger partial charge is 0.119 e. The maximum absolute atomic E-state index is 5.39. The van der Waals surface area contributed by atoms with Crippen molar-refractivity contribution >= 4 is 0 Å². The van der Waals surface area contributed by atoms with Gasteiger partial charge in [-0.05, 0) is 70.6 Å². The first-order valence-corrected chi connectivity index (χ1v) is 6.59. The van der Waals surface area contributed by atoms with Crippen molar-refractivity contribution in [2.45, 2.75) is 11.8 Å². The minimum Gasteiger partial charge on any atom is -0.497 e. The molecule has 2 unspecified atom stereocenters. The molecule has 4 saturated carbocycles. The van der Waals surface area contributed by atoms with Gasteiger partial charge in [-0.25, -0.2) is 0 Å². The summed E-state index contributed by atoms with van der Waals surface area (Å²) >= 11 is 0. The zero-order chi connectivity index (χ0) is 10.2. The molecule has 7 rings (SSSR count). The average Bonchev–Trinajstić information content (AvgIpc) is 3.17. The zero-order valence-corrected chi connectivity index (χ0v) is 9.26. The van der Waals surface area contributed by atoms with Gasteiger partial charge in [0.1, 0.15) is 5.75 Å². The Kier molecular flexibility index (Phi) is 0.843. The summed E-state index contributed by atoms with van der Waals surface area (Å²) in [5.74, 6) is 9.73. The van der Waals surface area contributed by atoms with Crippen molar-refractivity contribution in [2.24, 2.45) is 35.5 Å². The van der Waals surface area contributed by atoms with Gasteiger partial charge in [-0.15, -0.1) is 0 Å². The van der Waals surface area contributed by atoms with Crippen LogP contribution in [0, 0.1) is 35.5 Å². The monoisotopic (exact) mass is 210 g/mol. The molecule has 0 radical (unpaired) electrons. The molecule has 0 aliphatic heterocycles. The van der Waals surface area contributed by atoms with Crippen molar-refractivity contribution in [3.63, 3.8) is 0 Å². The standard InChI is InChI=1S/C15H14O/c1-16-5-2-3-6-7(4-5)9-12-10-8(6)11-13(9)15(11)14(10)12/h2-4,8-15H,1H3/t8?,9?,10-,11+,12-,13-,14-,15+/m1/s1. The van der Waals surface area contributed by atoms with Gasteiger partial charge in [0.2, 0.25) is 0 Å². The molecule has 8 atom stereocenters. The average molecular weight is 210 g/mol. The molecule has 80 valence electrons. The Balaban J connectivity index is 1.67. The zero-order valence-electron chi connectivity index (χ0n) is 9.26. The Morgan fingerprint density at radius 2 is 1.44 bits per heavy atom. The van der Waals surface area contributed by atoms with E-state index >= 15 is 0 Å². The molecule has 1 nitrogen and oxygen atoms in total. The third-order valence-corrected chi connectivity index (χ3v) is 6.50. The van der Waals surface area contributed by atoms with E-state index in [0.29, 0.717) is 0 Å². The maximum Gasteiger partial charge on any atom is 0.119 e. The molecule has 0 aromatic heterocycles. The number of ether oxygens (including phenoxy) is 1. The molecule has 0 heterocycles. The molecule has 0 saturated heterocycles. The van der Waals surface area contributed by atoms with Gasteiger partial charge in [0, 0.05) is 0 Å². The van der Waals surface area contributed by atoms with E-state index in [1.807, 2.05) is 0 Å². The van der Waals surface area contributed by atoms with Crippen molar-refractivity contribution in [1.82, 2.24) is 0 Å². The fourth-order valence-electron chi connectivity index (χ4n) is 6.33. The summed E-state index contributed by atoms with van der Waals surface area (Å²) in [5.41, 5.74) is 3.38. The normalized spacial score (nSPS) is 59.6. The minimum atomic E-state index is 0.945. The fraction of sp³-hybridized carbons (Fsp3) is 0.600.